The van der Waals surface area contributed by atoms with Crippen LogP contribution in [0.5, 0.6) is 0 Å². The van der Waals surface area contributed by atoms with Crippen LogP contribution in [-0.4, -0.2) is 8.07 Å². The van der Waals surface area contributed by atoms with Gasteiger partial charge in [0.05, 0.1) is 0 Å². The molecule has 0 fully saturated rings. The molecule has 0 spiro atoms. The number of benzene rings is 1. The van der Waals surface area contributed by atoms with E-state index in [2.05, 4.69) is 103 Å². The molecule has 0 heterocycles. The van der Waals surface area contributed by atoms with E-state index < -0.39 is 8.07 Å². The molecular formula is C17H23Cl3SiTi. The Morgan fingerprint density at radius 1 is 0.955 bits per heavy atom. The molecule has 2 rings (SSSR count). The van der Waals surface area contributed by atoms with Crippen molar-refractivity contribution in [2.24, 2.45) is 5.41 Å². The average molecular weight is 410 g/mol. The quantitative estimate of drug-likeness (QED) is 0.432. The van der Waals surface area contributed by atoms with E-state index >= 15 is 0 Å². The zero-order valence-corrected chi connectivity index (χ0v) is 18.6. The summed E-state index contributed by atoms with van der Waals surface area (Å²) in [7, 11) is -1.60. The molecule has 5 heteroatoms. The van der Waals surface area contributed by atoms with Crippen LogP contribution in [-0.2, 0) is 20.4 Å². The molecule has 0 nitrogen and oxygen atoms in total. The largest absolute Gasteiger partial charge is 1.00 e. The smallest absolute Gasteiger partial charge is 1.00 e. The maximum Gasteiger partial charge on any atom is -1.00 e. The predicted molar refractivity (Wildman–Crippen MR) is 82.9 cm³/mol. The number of rotatable bonds is 2. The molecule has 0 amide bonds. The zero-order chi connectivity index (χ0) is 14.3. The fourth-order valence-corrected chi connectivity index (χ4v) is 7.65. The Kier molecular flexibility index (Phi) is 9.62. The SMILES string of the molecule is CC(C)(C)C1=CC=C[C]1([Ti+3])[Si](C)(C)c1ccccc1.[Cl-].[Cl-].[Cl-]. The summed E-state index contributed by atoms with van der Waals surface area (Å²) in [4.78, 5) is 0. The van der Waals surface area contributed by atoms with Gasteiger partial charge in [0.2, 0.25) is 0 Å². The van der Waals surface area contributed by atoms with Crippen LogP contribution in [0.1, 0.15) is 20.8 Å². The van der Waals surface area contributed by atoms with Gasteiger partial charge >= 0.3 is 130 Å². The first-order chi connectivity index (χ1) is 8.69. The number of hydrogen-bond acceptors (Lipinski definition) is 0. The van der Waals surface area contributed by atoms with Crippen molar-refractivity contribution in [2.45, 2.75) is 37.2 Å². The van der Waals surface area contributed by atoms with Crippen molar-refractivity contribution in [2.75, 3.05) is 0 Å². The van der Waals surface area contributed by atoms with E-state index in [1.54, 1.807) is 10.8 Å². The van der Waals surface area contributed by atoms with Crippen LogP contribution < -0.4 is 42.4 Å². The van der Waals surface area contributed by atoms with E-state index in [0.717, 1.165) is 0 Å². The maximum absolute atomic E-state index is 2.50. The van der Waals surface area contributed by atoms with E-state index in [1.807, 2.05) is 0 Å². The summed E-state index contributed by atoms with van der Waals surface area (Å²) in [5.74, 6) is 0. The monoisotopic (exact) mass is 408 g/mol. The molecule has 0 saturated heterocycles. The molecule has 1 aromatic rings. The number of allylic oxidation sites excluding steroid dienone is 4. The Morgan fingerprint density at radius 2 is 1.45 bits per heavy atom. The molecule has 1 aliphatic carbocycles. The van der Waals surface area contributed by atoms with Crippen LogP contribution in [0.25, 0.3) is 0 Å². The van der Waals surface area contributed by atoms with E-state index in [1.165, 1.54) is 0 Å². The molecule has 22 heavy (non-hydrogen) atoms. The Labute approximate surface area is 166 Å². The fourth-order valence-electron chi connectivity index (χ4n) is 2.98. The van der Waals surface area contributed by atoms with Crippen molar-refractivity contribution in [3.63, 3.8) is 0 Å². The van der Waals surface area contributed by atoms with Gasteiger partial charge in [-0.15, -0.1) is 0 Å². The minimum atomic E-state index is -1.60. The van der Waals surface area contributed by atoms with Gasteiger partial charge in [0, 0.05) is 0 Å². The minimum Gasteiger partial charge on any atom is -1.00 e. The van der Waals surface area contributed by atoms with E-state index in [-0.39, 0.29) is 46.0 Å². The van der Waals surface area contributed by atoms with Crippen LogP contribution in [0.4, 0.5) is 0 Å². The number of hydrogen-bond donors (Lipinski definition) is 0. The summed E-state index contributed by atoms with van der Waals surface area (Å²) in [6, 6.07) is 11.1. The van der Waals surface area contributed by atoms with Crippen molar-refractivity contribution < 1.29 is 57.7 Å². The molecule has 0 aromatic heterocycles. The van der Waals surface area contributed by atoms with E-state index in [0.29, 0.717) is 0 Å². The second kappa shape index (κ2) is 8.56. The van der Waals surface area contributed by atoms with Crippen LogP contribution in [0.2, 0.25) is 16.4 Å². The predicted octanol–water partition coefficient (Wildman–Crippen LogP) is -4.60. The molecule has 120 valence electrons. The van der Waals surface area contributed by atoms with Crippen molar-refractivity contribution in [1.82, 2.24) is 0 Å². The van der Waals surface area contributed by atoms with Crippen molar-refractivity contribution in [3.05, 3.63) is 54.1 Å². The van der Waals surface area contributed by atoms with Gasteiger partial charge < -0.3 is 37.2 Å². The summed E-state index contributed by atoms with van der Waals surface area (Å²) in [5.41, 5.74) is 1.82. The molecule has 1 aliphatic rings. The molecule has 0 N–H and O–H groups in total. The molecule has 1 unspecified atom stereocenters. The first kappa shape index (κ1) is 24.7. The third kappa shape index (κ3) is 4.32. The van der Waals surface area contributed by atoms with Gasteiger partial charge in [-0.2, -0.15) is 0 Å². The average Bonchev–Trinajstić information content (AvgIpc) is 2.74. The Bertz CT molecular complexity index is 533. The molecule has 0 bridgehead atoms. The van der Waals surface area contributed by atoms with E-state index in [4.69, 9.17) is 0 Å². The summed E-state index contributed by atoms with van der Waals surface area (Å²) < 4.78 is 0.215. The van der Waals surface area contributed by atoms with Crippen molar-refractivity contribution in [3.8, 4) is 0 Å². The Balaban J connectivity index is 0. The Hall–Kier alpha value is 0.501. The summed E-state index contributed by atoms with van der Waals surface area (Å²) >= 11 is 2.44. The van der Waals surface area contributed by atoms with Crippen LogP contribution in [0.3, 0.4) is 0 Å². The van der Waals surface area contributed by atoms with Crippen LogP contribution in [0, 0.1) is 5.41 Å². The van der Waals surface area contributed by atoms with Gasteiger partial charge in [-0.1, -0.05) is 0 Å². The van der Waals surface area contributed by atoms with Crippen LogP contribution >= 0.6 is 0 Å². The first-order valence-electron chi connectivity index (χ1n) is 6.90. The summed E-state index contributed by atoms with van der Waals surface area (Å²) in [6.45, 7) is 12.0. The molecule has 1 aromatic carbocycles. The number of halogens is 3. The van der Waals surface area contributed by atoms with Gasteiger partial charge in [0.1, 0.15) is 0 Å². The van der Waals surface area contributed by atoms with Crippen molar-refractivity contribution in [1.29, 1.82) is 0 Å². The second-order valence-electron chi connectivity index (χ2n) is 6.99. The van der Waals surface area contributed by atoms with E-state index in [9.17, 15) is 0 Å². The summed E-state index contributed by atoms with van der Waals surface area (Å²) in [6.07, 6.45) is 7.04. The normalized spacial score (nSPS) is 20.4. The van der Waals surface area contributed by atoms with Gasteiger partial charge in [-0.25, -0.2) is 0 Å². The summed E-state index contributed by atoms with van der Waals surface area (Å²) in [5, 5.41) is 1.54. The molecule has 0 aliphatic heterocycles. The van der Waals surface area contributed by atoms with Gasteiger partial charge in [0.15, 0.2) is 0 Å². The first-order valence-corrected chi connectivity index (χ1v) is 10.7. The van der Waals surface area contributed by atoms with Gasteiger partial charge in [-0.05, 0) is 0 Å². The standard InChI is InChI=1S/C17H23Si.3ClH.Ti/c1-17(2,3)15-12-9-13-16(15)18(4,5)14-10-7-6-8-11-14;;;;/h6-13H,1-5H3;3*1H;/q;;;;+3/p-3. The molecule has 0 radical (unpaired) electrons. The van der Waals surface area contributed by atoms with Crippen LogP contribution in [0.15, 0.2) is 54.1 Å². The zero-order valence-electron chi connectivity index (χ0n) is 13.8. The maximum atomic E-state index is 2.50. The third-order valence-electron chi connectivity index (χ3n) is 4.32. The second-order valence-corrected chi connectivity index (χ2v) is 13.6. The molecular weight excluding hydrogens is 386 g/mol. The minimum absolute atomic E-state index is 0. The molecule has 0 saturated carbocycles. The van der Waals surface area contributed by atoms with Gasteiger partial charge in [-0.3, -0.25) is 0 Å². The molecule has 1 atom stereocenters. The fraction of sp³-hybridized carbons (Fsp3) is 0.412. The Morgan fingerprint density at radius 3 is 1.91 bits per heavy atom. The van der Waals surface area contributed by atoms with Gasteiger partial charge in [0.25, 0.3) is 0 Å². The topological polar surface area (TPSA) is 0 Å². The third-order valence-corrected chi connectivity index (χ3v) is 12.1. The van der Waals surface area contributed by atoms with Crippen molar-refractivity contribution >= 4 is 13.3 Å².